The minimum absolute atomic E-state index is 0.0991. The number of fused-ring (bicyclic) bond motifs is 1. The number of nitrogens with zero attached hydrogens (tertiary/aromatic N) is 4. The molecule has 2 aromatic heterocycles. The van der Waals surface area contributed by atoms with Gasteiger partial charge in [-0.15, -0.1) is 0 Å². The third kappa shape index (κ3) is 4.79. The van der Waals surface area contributed by atoms with E-state index in [1.165, 1.54) is 15.4 Å². The van der Waals surface area contributed by atoms with Crippen molar-refractivity contribution in [2.45, 2.75) is 51.7 Å². The van der Waals surface area contributed by atoms with Gasteiger partial charge in [-0.25, -0.2) is 9.31 Å². The zero-order valence-corrected chi connectivity index (χ0v) is 20.0. The molecule has 0 unspecified atom stereocenters. The molecule has 5 rings (SSSR count). The Morgan fingerprint density at radius 3 is 2.63 bits per heavy atom. The molecule has 2 fully saturated rings. The summed E-state index contributed by atoms with van der Waals surface area (Å²) in [5.41, 5.74) is 2.10. The van der Waals surface area contributed by atoms with Gasteiger partial charge in [0.05, 0.1) is 24.0 Å². The van der Waals surface area contributed by atoms with Crippen molar-refractivity contribution < 1.29 is 14.7 Å². The molecule has 10 heteroatoms. The molecule has 0 bridgehead atoms. The van der Waals surface area contributed by atoms with Gasteiger partial charge in [0.15, 0.2) is 0 Å². The van der Waals surface area contributed by atoms with E-state index < -0.39 is 11.6 Å². The molecule has 1 aliphatic carbocycles. The largest absolute Gasteiger partial charge is 0.388 e. The van der Waals surface area contributed by atoms with Crippen molar-refractivity contribution >= 4 is 28.8 Å². The molecule has 0 atom stereocenters. The number of rotatable bonds is 5. The van der Waals surface area contributed by atoms with E-state index in [4.69, 9.17) is 0 Å². The average molecular weight is 479 g/mol. The third-order valence-electron chi connectivity index (χ3n) is 7.10. The van der Waals surface area contributed by atoms with Crippen molar-refractivity contribution in [3.8, 4) is 0 Å². The maximum absolute atomic E-state index is 13.1. The summed E-state index contributed by atoms with van der Waals surface area (Å²) in [6.07, 6.45) is 5.71. The Morgan fingerprint density at radius 2 is 1.91 bits per heavy atom. The summed E-state index contributed by atoms with van der Waals surface area (Å²) in [5.74, 6) is 0.345. The van der Waals surface area contributed by atoms with E-state index in [0.717, 1.165) is 24.0 Å². The zero-order chi connectivity index (χ0) is 24.7. The molecule has 3 heterocycles. The molecular formula is C25H30N6O4. The normalized spacial score (nSPS) is 17.4. The summed E-state index contributed by atoms with van der Waals surface area (Å²) in [7, 11) is 0. The molecular weight excluding hydrogens is 448 g/mol. The number of carbonyl (C=O) groups excluding carboxylic acids is 2. The number of aliphatic hydroxyl groups is 1. The zero-order valence-electron chi connectivity index (χ0n) is 20.0. The highest BCUT2D eigenvalue weighted by atomic mass is 16.3. The minimum Gasteiger partial charge on any atom is -0.388 e. The smallest absolute Gasteiger partial charge is 0.323 e. The first-order chi connectivity index (χ1) is 16.7. The topological polar surface area (TPSA) is 121 Å². The lowest BCUT2D eigenvalue weighted by molar-refractivity contribution is -0.137. The van der Waals surface area contributed by atoms with Crippen molar-refractivity contribution in [3.63, 3.8) is 0 Å². The fourth-order valence-corrected chi connectivity index (χ4v) is 4.58. The second-order valence-electron chi connectivity index (χ2n) is 9.77. The number of urea groups is 1. The number of carbonyl (C=O) groups is 2. The van der Waals surface area contributed by atoms with E-state index in [1.54, 1.807) is 12.3 Å². The van der Waals surface area contributed by atoms with E-state index >= 15 is 0 Å². The number of aryl methyl sites for hydroxylation is 1. The van der Waals surface area contributed by atoms with E-state index in [0.29, 0.717) is 42.8 Å². The SMILES string of the molecule is Cc1cccc(NC(=O)Nc2cc3c(=O)n(CC4(O)CCN(C(=O)C5CC5)CC4)cnn3c2)c1C. The Hall–Kier alpha value is -3.66. The van der Waals surface area contributed by atoms with Crippen molar-refractivity contribution in [1.29, 1.82) is 0 Å². The Morgan fingerprint density at radius 1 is 1.17 bits per heavy atom. The number of anilines is 2. The van der Waals surface area contributed by atoms with Crippen LogP contribution in [0.5, 0.6) is 0 Å². The van der Waals surface area contributed by atoms with Crippen LogP contribution in [0.1, 0.15) is 36.8 Å². The molecule has 3 amide bonds. The van der Waals surface area contributed by atoms with Crippen LogP contribution in [-0.2, 0) is 11.3 Å². The molecule has 1 aliphatic heterocycles. The summed E-state index contributed by atoms with van der Waals surface area (Å²) in [6, 6.07) is 6.82. The van der Waals surface area contributed by atoms with Gasteiger partial charge in [-0.2, -0.15) is 5.10 Å². The lowest BCUT2D eigenvalue weighted by Crippen LogP contribution is -2.50. The number of nitrogens with one attached hydrogen (secondary N) is 2. The highest BCUT2D eigenvalue weighted by Crippen LogP contribution is 2.33. The van der Waals surface area contributed by atoms with Gasteiger partial charge < -0.3 is 20.6 Å². The Balaban J connectivity index is 1.26. The maximum atomic E-state index is 13.1. The number of benzene rings is 1. The van der Waals surface area contributed by atoms with Crippen molar-refractivity contribution in [3.05, 3.63) is 58.3 Å². The first-order valence-corrected chi connectivity index (χ1v) is 12.0. The molecule has 35 heavy (non-hydrogen) atoms. The number of aromatic nitrogens is 3. The highest BCUT2D eigenvalue weighted by molar-refractivity contribution is 6.00. The van der Waals surface area contributed by atoms with Gasteiger partial charge in [-0.1, -0.05) is 12.1 Å². The van der Waals surface area contributed by atoms with E-state index in [9.17, 15) is 19.5 Å². The molecule has 10 nitrogen and oxygen atoms in total. The molecule has 0 spiro atoms. The predicted octanol–water partition coefficient (Wildman–Crippen LogP) is 2.52. The van der Waals surface area contributed by atoms with Crippen molar-refractivity contribution in [2.24, 2.45) is 5.92 Å². The Kier molecular flexibility index (Phi) is 5.84. The molecule has 1 aromatic carbocycles. The lowest BCUT2D eigenvalue weighted by atomic mass is 9.91. The van der Waals surface area contributed by atoms with Crippen LogP contribution >= 0.6 is 0 Å². The van der Waals surface area contributed by atoms with Gasteiger partial charge in [0.1, 0.15) is 11.8 Å². The van der Waals surface area contributed by atoms with Gasteiger partial charge in [0.25, 0.3) is 5.56 Å². The molecule has 184 valence electrons. The van der Waals surface area contributed by atoms with Crippen LogP contribution in [0.2, 0.25) is 0 Å². The van der Waals surface area contributed by atoms with Crippen LogP contribution in [0.3, 0.4) is 0 Å². The number of hydrogen-bond donors (Lipinski definition) is 3. The average Bonchev–Trinajstić information content (AvgIpc) is 3.59. The second-order valence-corrected chi connectivity index (χ2v) is 9.77. The molecule has 1 saturated carbocycles. The fourth-order valence-electron chi connectivity index (χ4n) is 4.58. The number of hydrogen-bond acceptors (Lipinski definition) is 5. The van der Waals surface area contributed by atoms with Crippen LogP contribution < -0.4 is 16.2 Å². The Labute approximate surface area is 202 Å². The monoisotopic (exact) mass is 478 g/mol. The van der Waals surface area contributed by atoms with E-state index in [2.05, 4.69) is 15.7 Å². The molecule has 1 saturated heterocycles. The van der Waals surface area contributed by atoms with Gasteiger partial charge in [-0.05, 0) is 62.8 Å². The third-order valence-corrected chi connectivity index (χ3v) is 7.10. The molecule has 3 N–H and O–H groups in total. The van der Waals surface area contributed by atoms with Gasteiger partial charge in [-0.3, -0.25) is 14.2 Å². The first kappa shape index (κ1) is 23.1. The predicted molar refractivity (Wildman–Crippen MR) is 131 cm³/mol. The fraction of sp³-hybridized carbons (Fsp3) is 0.440. The molecule has 0 radical (unpaired) electrons. The quantitative estimate of drug-likeness (QED) is 0.520. The van der Waals surface area contributed by atoms with Gasteiger partial charge in [0, 0.05) is 24.7 Å². The maximum Gasteiger partial charge on any atom is 0.323 e. The highest BCUT2D eigenvalue weighted by Gasteiger charge is 2.39. The van der Waals surface area contributed by atoms with Crippen LogP contribution in [-0.4, -0.2) is 54.8 Å². The summed E-state index contributed by atoms with van der Waals surface area (Å²) in [6.45, 7) is 4.99. The first-order valence-electron chi connectivity index (χ1n) is 12.0. The number of amides is 3. The van der Waals surface area contributed by atoms with Crippen LogP contribution in [0.4, 0.5) is 16.2 Å². The standard InChI is InChI=1S/C25H30N6O4/c1-16-4-3-5-20(17(16)2)28-24(34)27-19-12-21-23(33)30(15-26-31(21)13-19)14-25(35)8-10-29(11-9-25)22(32)18-6-7-18/h3-5,12-13,15,18,35H,6-11,14H2,1-2H3,(H2,27,28,34). The van der Waals surface area contributed by atoms with Crippen LogP contribution in [0.25, 0.3) is 5.52 Å². The van der Waals surface area contributed by atoms with Crippen LogP contribution in [0, 0.1) is 19.8 Å². The van der Waals surface area contributed by atoms with Crippen molar-refractivity contribution in [1.82, 2.24) is 19.1 Å². The summed E-state index contributed by atoms with van der Waals surface area (Å²) in [5, 5.41) is 20.9. The summed E-state index contributed by atoms with van der Waals surface area (Å²) >= 11 is 0. The van der Waals surface area contributed by atoms with Gasteiger partial charge >= 0.3 is 6.03 Å². The van der Waals surface area contributed by atoms with E-state index in [1.807, 2.05) is 36.9 Å². The van der Waals surface area contributed by atoms with Crippen molar-refractivity contribution in [2.75, 3.05) is 23.7 Å². The summed E-state index contributed by atoms with van der Waals surface area (Å²) in [4.78, 5) is 39.7. The molecule has 2 aliphatic rings. The minimum atomic E-state index is -1.08. The second kappa shape index (κ2) is 8.84. The number of likely N-dealkylation sites (tertiary alicyclic amines) is 1. The number of piperidine rings is 1. The molecule has 3 aromatic rings. The van der Waals surface area contributed by atoms with Gasteiger partial charge in [0.2, 0.25) is 5.91 Å². The lowest BCUT2D eigenvalue weighted by Gasteiger charge is -2.38. The Bertz CT molecular complexity index is 1350. The van der Waals surface area contributed by atoms with Crippen LogP contribution in [0.15, 0.2) is 41.6 Å². The summed E-state index contributed by atoms with van der Waals surface area (Å²) < 4.78 is 2.81. The van der Waals surface area contributed by atoms with E-state index in [-0.39, 0.29) is 23.9 Å².